The summed E-state index contributed by atoms with van der Waals surface area (Å²) < 4.78 is 36.4. The second-order valence-electron chi connectivity index (χ2n) is 5.31. The van der Waals surface area contributed by atoms with Gasteiger partial charge < -0.3 is 4.74 Å². The number of nitrogens with zero attached hydrogens (tertiary/aromatic N) is 1. The van der Waals surface area contributed by atoms with Gasteiger partial charge in [0.15, 0.2) is 0 Å². The van der Waals surface area contributed by atoms with E-state index in [4.69, 9.17) is 27.9 Å². The second-order valence-corrected chi connectivity index (χ2v) is 8.81. The van der Waals surface area contributed by atoms with E-state index in [1.54, 1.807) is 36.4 Å². The van der Waals surface area contributed by atoms with E-state index in [-0.39, 0.29) is 11.4 Å². The Morgan fingerprint density at radius 1 is 1.12 bits per heavy atom. The van der Waals surface area contributed by atoms with E-state index in [1.807, 2.05) is 0 Å². The predicted molar refractivity (Wildman–Crippen MR) is 105 cm³/mol. The maximum Gasteiger partial charge on any atom is 0.240 e. The number of aromatic nitrogens is 1. The first-order valence-electron chi connectivity index (χ1n) is 7.44. The van der Waals surface area contributed by atoms with E-state index < -0.39 is 10.0 Å². The summed E-state index contributed by atoms with van der Waals surface area (Å²) in [5.74, 6) is 0.466. The van der Waals surface area contributed by atoms with Crippen LogP contribution in [0.15, 0.2) is 53.4 Å². The molecule has 0 aliphatic rings. The molecule has 0 fully saturated rings. The highest BCUT2D eigenvalue weighted by atomic mass is 35.5. The van der Waals surface area contributed by atoms with Crippen molar-refractivity contribution in [3.05, 3.63) is 63.5 Å². The molecule has 0 spiro atoms. The number of hydrogen-bond donors (Lipinski definition) is 1. The maximum absolute atomic E-state index is 12.4. The zero-order valence-corrected chi connectivity index (χ0v) is 16.7. The van der Waals surface area contributed by atoms with Crippen LogP contribution in [-0.2, 0) is 16.6 Å². The van der Waals surface area contributed by atoms with E-state index >= 15 is 0 Å². The number of sulfonamides is 1. The fourth-order valence-corrected chi connectivity index (χ4v) is 4.50. The van der Waals surface area contributed by atoms with Crippen LogP contribution in [0.2, 0.25) is 10.0 Å². The molecule has 0 aliphatic heterocycles. The normalized spacial score (nSPS) is 11.5. The van der Waals surface area contributed by atoms with Crippen LogP contribution in [0.5, 0.6) is 5.88 Å². The molecule has 0 saturated carbocycles. The third kappa shape index (κ3) is 4.36. The molecule has 3 rings (SSSR count). The first-order chi connectivity index (χ1) is 12.4. The lowest BCUT2D eigenvalue weighted by Crippen LogP contribution is -2.22. The van der Waals surface area contributed by atoms with Gasteiger partial charge in [0.25, 0.3) is 0 Å². The van der Waals surface area contributed by atoms with Gasteiger partial charge in [-0.05, 0) is 41.4 Å². The van der Waals surface area contributed by atoms with E-state index in [1.165, 1.54) is 30.8 Å². The van der Waals surface area contributed by atoms with Gasteiger partial charge in [0.05, 0.1) is 12.0 Å². The molecular formula is C17H14Cl2N2O3S2. The van der Waals surface area contributed by atoms with Crippen LogP contribution in [0, 0.1) is 0 Å². The largest absolute Gasteiger partial charge is 0.480 e. The molecule has 3 aromatic rings. The van der Waals surface area contributed by atoms with Gasteiger partial charge in [-0.15, -0.1) is 0 Å². The van der Waals surface area contributed by atoms with Crippen molar-refractivity contribution in [2.24, 2.45) is 0 Å². The molecule has 2 aromatic carbocycles. The summed E-state index contributed by atoms with van der Waals surface area (Å²) >= 11 is 13.3. The SMILES string of the molecule is COc1cc(CNS(=O)(=O)c2ccc(-c3ccc(Cl)cc3Cl)cc2)sn1. The van der Waals surface area contributed by atoms with Gasteiger partial charge in [0.2, 0.25) is 15.9 Å². The summed E-state index contributed by atoms with van der Waals surface area (Å²) in [6.45, 7) is 0.147. The first-order valence-corrected chi connectivity index (χ1v) is 10.4. The molecule has 0 amide bonds. The van der Waals surface area contributed by atoms with E-state index in [0.29, 0.717) is 15.9 Å². The Morgan fingerprint density at radius 2 is 1.85 bits per heavy atom. The van der Waals surface area contributed by atoms with E-state index in [2.05, 4.69) is 9.10 Å². The highest BCUT2D eigenvalue weighted by Crippen LogP contribution is 2.30. The summed E-state index contributed by atoms with van der Waals surface area (Å²) in [4.78, 5) is 0.929. The molecule has 0 unspecified atom stereocenters. The number of ether oxygens (including phenoxy) is 1. The average molecular weight is 429 g/mol. The molecule has 1 N–H and O–H groups in total. The van der Waals surface area contributed by atoms with E-state index in [9.17, 15) is 8.42 Å². The smallest absolute Gasteiger partial charge is 0.240 e. The highest BCUT2D eigenvalue weighted by molar-refractivity contribution is 7.89. The van der Waals surface area contributed by atoms with Crippen molar-refractivity contribution >= 4 is 44.8 Å². The van der Waals surface area contributed by atoms with Crippen molar-refractivity contribution < 1.29 is 13.2 Å². The predicted octanol–water partition coefficient (Wildman–Crippen LogP) is 4.60. The summed E-state index contributed by atoms with van der Waals surface area (Å²) in [7, 11) is -2.13. The maximum atomic E-state index is 12.4. The Bertz CT molecular complexity index is 1020. The lowest BCUT2D eigenvalue weighted by molar-refractivity contribution is 0.402. The molecule has 0 bridgehead atoms. The Balaban J connectivity index is 1.76. The minimum atomic E-state index is -3.64. The molecule has 1 aromatic heterocycles. The van der Waals surface area contributed by atoms with Crippen molar-refractivity contribution in [3.63, 3.8) is 0 Å². The number of methoxy groups -OCH3 is 1. The zero-order valence-electron chi connectivity index (χ0n) is 13.6. The average Bonchev–Trinajstić information content (AvgIpc) is 3.08. The van der Waals surface area contributed by atoms with Gasteiger partial charge in [-0.2, -0.15) is 4.37 Å². The van der Waals surface area contributed by atoms with Crippen molar-refractivity contribution in [1.82, 2.24) is 9.10 Å². The minimum absolute atomic E-state index is 0.147. The summed E-state index contributed by atoms with van der Waals surface area (Å²) in [6, 6.07) is 13.4. The van der Waals surface area contributed by atoms with Gasteiger partial charge in [0.1, 0.15) is 0 Å². The fraction of sp³-hybridized carbons (Fsp3) is 0.118. The Hall–Kier alpha value is -1.64. The number of halogens is 2. The van der Waals surface area contributed by atoms with Gasteiger partial charge in [-0.25, -0.2) is 13.1 Å². The third-order valence-corrected chi connectivity index (χ3v) is 6.32. The van der Waals surface area contributed by atoms with Crippen LogP contribution in [0.3, 0.4) is 0 Å². The molecule has 0 saturated heterocycles. The van der Waals surface area contributed by atoms with Crippen LogP contribution >= 0.6 is 34.7 Å². The molecule has 136 valence electrons. The molecule has 26 heavy (non-hydrogen) atoms. The Kier molecular flexibility index (Phi) is 5.84. The monoisotopic (exact) mass is 428 g/mol. The van der Waals surface area contributed by atoms with Crippen LogP contribution < -0.4 is 9.46 Å². The van der Waals surface area contributed by atoms with Crippen LogP contribution in [0.1, 0.15) is 4.88 Å². The van der Waals surface area contributed by atoms with Crippen molar-refractivity contribution in [2.45, 2.75) is 11.4 Å². The summed E-state index contributed by atoms with van der Waals surface area (Å²) in [5, 5.41) is 1.05. The Morgan fingerprint density at radius 3 is 2.46 bits per heavy atom. The molecular weight excluding hydrogens is 415 g/mol. The summed E-state index contributed by atoms with van der Waals surface area (Å²) in [6.07, 6.45) is 0. The summed E-state index contributed by atoms with van der Waals surface area (Å²) in [5.41, 5.74) is 1.59. The van der Waals surface area contributed by atoms with Crippen molar-refractivity contribution in [3.8, 4) is 17.0 Å². The van der Waals surface area contributed by atoms with Gasteiger partial charge in [-0.3, -0.25) is 0 Å². The fourth-order valence-electron chi connectivity index (χ4n) is 2.26. The third-order valence-electron chi connectivity index (χ3n) is 3.59. The van der Waals surface area contributed by atoms with Crippen LogP contribution in [0.25, 0.3) is 11.1 Å². The molecule has 0 atom stereocenters. The topological polar surface area (TPSA) is 68.3 Å². The van der Waals surface area contributed by atoms with Crippen molar-refractivity contribution in [1.29, 1.82) is 0 Å². The number of rotatable bonds is 6. The van der Waals surface area contributed by atoms with Gasteiger partial charge in [-0.1, -0.05) is 41.4 Å². The number of nitrogens with one attached hydrogen (secondary N) is 1. The molecule has 5 nitrogen and oxygen atoms in total. The lowest BCUT2D eigenvalue weighted by atomic mass is 10.1. The second kappa shape index (κ2) is 7.94. The van der Waals surface area contributed by atoms with Crippen LogP contribution in [0.4, 0.5) is 0 Å². The number of hydrogen-bond acceptors (Lipinski definition) is 5. The van der Waals surface area contributed by atoms with E-state index in [0.717, 1.165) is 16.0 Å². The molecule has 9 heteroatoms. The highest BCUT2D eigenvalue weighted by Gasteiger charge is 2.15. The lowest BCUT2D eigenvalue weighted by Gasteiger charge is -2.08. The van der Waals surface area contributed by atoms with Gasteiger partial charge in [0, 0.05) is 33.1 Å². The number of benzene rings is 2. The van der Waals surface area contributed by atoms with Gasteiger partial charge >= 0.3 is 0 Å². The zero-order chi connectivity index (χ0) is 18.7. The first kappa shape index (κ1) is 19.1. The minimum Gasteiger partial charge on any atom is -0.480 e. The standard InChI is InChI=1S/C17H14Cl2N2O3S2/c1-24-17-9-13(25-21-17)10-20-26(22,23)14-5-2-11(3-6-14)15-7-4-12(18)8-16(15)19/h2-9,20H,10H2,1H3. The molecule has 1 heterocycles. The quantitative estimate of drug-likeness (QED) is 0.622. The van der Waals surface area contributed by atoms with Crippen LogP contribution in [-0.4, -0.2) is 19.9 Å². The molecule has 0 aliphatic carbocycles. The molecule has 0 radical (unpaired) electrons. The van der Waals surface area contributed by atoms with Crippen molar-refractivity contribution in [2.75, 3.05) is 7.11 Å². The Labute approximate surface area is 165 Å².